The maximum atomic E-state index is 11.9. The molecular weight excluding hydrogens is 344 g/mol. The van der Waals surface area contributed by atoms with Crippen LogP contribution in [0, 0.1) is 6.92 Å². The molecule has 1 amide bonds. The highest BCUT2D eigenvalue weighted by atomic mass is 32.2. The van der Waals surface area contributed by atoms with Crippen LogP contribution in [0.5, 0.6) is 0 Å². The second-order valence-electron chi connectivity index (χ2n) is 6.05. The van der Waals surface area contributed by atoms with Crippen molar-refractivity contribution in [2.45, 2.75) is 32.7 Å². The molecule has 1 fully saturated rings. The Morgan fingerprint density at radius 2 is 2.20 bits per heavy atom. The molecule has 0 aromatic carbocycles. The van der Waals surface area contributed by atoms with Crippen LogP contribution in [-0.2, 0) is 9.84 Å². The third-order valence-corrected chi connectivity index (χ3v) is 5.64. The molecule has 0 saturated carbocycles. The fraction of sp³-hybridized carbons (Fsp3) is 0.625. The van der Waals surface area contributed by atoms with E-state index in [1.54, 1.807) is 6.07 Å². The van der Waals surface area contributed by atoms with Crippen molar-refractivity contribution in [1.29, 1.82) is 0 Å². The largest absolute Gasteiger partial charge is 0.459 e. The summed E-state index contributed by atoms with van der Waals surface area (Å²) in [4.78, 5) is 16.3. The second-order valence-corrected chi connectivity index (χ2v) is 8.28. The Morgan fingerprint density at radius 1 is 1.40 bits per heavy atom. The number of amides is 1. The second kappa shape index (κ2) is 8.89. The fourth-order valence-electron chi connectivity index (χ4n) is 2.58. The number of guanidine groups is 1. The third kappa shape index (κ3) is 6.08. The van der Waals surface area contributed by atoms with E-state index in [-0.39, 0.29) is 23.5 Å². The summed E-state index contributed by atoms with van der Waals surface area (Å²) in [7, 11) is -2.92. The summed E-state index contributed by atoms with van der Waals surface area (Å²) in [5, 5.41) is 9.06. The lowest BCUT2D eigenvalue weighted by atomic mass is 10.2. The molecule has 0 aliphatic carbocycles. The molecule has 0 bridgehead atoms. The van der Waals surface area contributed by atoms with Crippen molar-refractivity contribution < 1.29 is 17.6 Å². The lowest BCUT2D eigenvalue weighted by Gasteiger charge is -2.15. The maximum Gasteiger partial charge on any atom is 0.287 e. The zero-order valence-corrected chi connectivity index (χ0v) is 15.5. The van der Waals surface area contributed by atoms with Crippen LogP contribution < -0.4 is 16.0 Å². The molecule has 8 nitrogen and oxygen atoms in total. The van der Waals surface area contributed by atoms with Crippen molar-refractivity contribution in [3.8, 4) is 0 Å². The van der Waals surface area contributed by atoms with E-state index < -0.39 is 9.84 Å². The first kappa shape index (κ1) is 19.3. The van der Waals surface area contributed by atoms with Gasteiger partial charge in [-0.25, -0.2) is 8.42 Å². The first-order valence-corrected chi connectivity index (χ1v) is 10.3. The predicted molar refractivity (Wildman–Crippen MR) is 96.6 cm³/mol. The minimum atomic E-state index is -2.92. The summed E-state index contributed by atoms with van der Waals surface area (Å²) in [6.45, 7) is 5.47. The van der Waals surface area contributed by atoms with Gasteiger partial charge in [0.1, 0.15) is 0 Å². The minimum Gasteiger partial charge on any atom is -0.459 e. The van der Waals surface area contributed by atoms with Crippen molar-refractivity contribution in [3.05, 3.63) is 23.7 Å². The van der Waals surface area contributed by atoms with E-state index in [2.05, 4.69) is 20.9 Å². The van der Waals surface area contributed by atoms with Gasteiger partial charge in [0.05, 0.1) is 17.8 Å². The molecule has 3 N–H and O–H groups in total. The lowest BCUT2D eigenvalue weighted by molar-refractivity contribution is 0.0925. The van der Waals surface area contributed by atoms with E-state index in [9.17, 15) is 13.2 Å². The Bertz CT molecular complexity index is 711. The summed E-state index contributed by atoms with van der Waals surface area (Å²) in [5.74, 6) is 1.09. The van der Waals surface area contributed by atoms with Gasteiger partial charge < -0.3 is 20.4 Å². The summed E-state index contributed by atoms with van der Waals surface area (Å²) in [6, 6.07) is 1.65. The van der Waals surface area contributed by atoms with Crippen LogP contribution in [0.25, 0.3) is 0 Å². The fourth-order valence-corrected chi connectivity index (χ4v) is 4.25. The van der Waals surface area contributed by atoms with E-state index in [0.717, 1.165) is 5.56 Å². The molecule has 9 heteroatoms. The Balaban J connectivity index is 1.74. The molecule has 1 atom stereocenters. The Hall–Kier alpha value is -2.03. The molecule has 1 aliphatic rings. The van der Waals surface area contributed by atoms with E-state index >= 15 is 0 Å². The van der Waals surface area contributed by atoms with Gasteiger partial charge in [0.15, 0.2) is 21.6 Å². The monoisotopic (exact) mass is 370 g/mol. The van der Waals surface area contributed by atoms with Crippen LogP contribution in [0.2, 0.25) is 0 Å². The average Bonchev–Trinajstić information content (AvgIpc) is 3.12. The molecule has 25 heavy (non-hydrogen) atoms. The Kier molecular flexibility index (Phi) is 6.86. The molecule has 140 valence electrons. The molecule has 2 heterocycles. The summed E-state index contributed by atoms with van der Waals surface area (Å²) >= 11 is 0. The predicted octanol–water partition coefficient (Wildman–Crippen LogP) is 0.450. The van der Waals surface area contributed by atoms with Crippen molar-refractivity contribution in [2.24, 2.45) is 4.99 Å². The summed E-state index contributed by atoms with van der Waals surface area (Å²) < 4.78 is 28.2. The van der Waals surface area contributed by atoms with E-state index in [1.165, 1.54) is 6.26 Å². The van der Waals surface area contributed by atoms with Crippen LogP contribution in [0.1, 0.15) is 35.9 Å². The SMILES string of the molecule is CCNC(=NCCCNC(=O)c1occc1C)NC1CCS(=O)(=O)C1. The first-order chi connectivity index (χ1) is 11.9. The highest BCUT2D eigenvalue weighted by molar-refractivity contribution is 7.91. The topological polar surface area (TPSA) is 113 Å². The van der Waals surface area contributed by atoms with Crippen LogP contribution in [0.15, 0.2) is 21.7 Å². The van der Waals surface area contributed by atoms with Gasteiger partial charge in [-0.05, 0) is 32.8 Å². The average molecular weight is 370 g/mol. The molecule has 0 spiro atoms. The summed E-state index contributed by atoms with van der Waals surface area (Å²) in [5.41, 5.74) is 0.806. The van der Waals surface area contributed by atoms with Crippen LogP contribution in [0.3, 0.4) is 0 Å². The first-order valence-electron chi connectivity index (χ1n) is 8.49. The van der Waals surface area contributed by atoms with Crippen LogP contribution >= 0.6 is 0 Å². The molecule has 1 aromatic heterocycles. The molecule has 0 radical (unpaired) electrons. The van der Waals surface area contributed by atoms with Gasteiger partial charge in [-0.15, -0.1) is 0 Å². The van der Waals surface area contributed by atoms with Gasteiger partial charge in [-0.1, -0.05) is 0 Å². The smallest absolute Gasteiger partial charge is 0.287 e. The highest BCUT2D eigenvalue weighted by Gasteiger charge is 2.28. The van der Waals surface area contributed by atoms with Crippen LogP contribution in [-0.4, -0.2) is 57.5 Å². The van der Waals surface area contributed by atoms with E-state index in [4.69, 9.17) is 4.42 Å². The number of hydrogen-bond donors (Lipinski definition) is 3. The van der Waals surface area contributed by atoms with E-state index in [1.807, 2.05) is 13.8 Å². The van der Waals surface area contributed by atoms with Gasteiger partial charge in [-0.2, -0.15) is 0 Å². The number of furan rings is 1. The molecule has 1 saturated heterocycles. The quantitative estimate of drug-likeness (QED) is 0.365. The summed E-state index contributed by atoms with van der Waals surface area (Å²) in [6.07, 6.45) is 2.77. The normalized spacial score (nSPS) is 19.6. The van der Waals surface area contributed by atoms with Crippen LogP contribution in [0.4, 0.5) is 0 Å². The zero-order valence-electron chi connectivity index (χ0n) is 14.7. The van der Waals surface area contributed by atoms with Crippen molar-refractivity contribution in [2.75, 3.05) is 31.1 Å². The van der Waals surface area contributed by atoms with Gasteiger partial charge in [0, 0.05) is 31.2 Å². The number of nitrogens with zero attached hydrogens (tertiary/aromatic N) is 1. The number of aliphatic imine (C=N–C) groups is 1. The number of carbonyl (C=O) groups excluding carboxylic acids is 1. The Morgan fingerprint density at radius 3 is 2.80 bits per heavy atom. The number of aryl methyl sites for hydroxylation is 1. The van der Waals surface area contributed by atoms with Gasteiger partial charge in [0.25, 0.3) is 5.91 Å². The minimum absolute atomic E-state index is 0.0931. The van der Waals surface area contributed by atoms with Gasteiger partial charge >= 0.3 is 0 Å². The molecule has 1 aliphatic heterocycles. The van der Waals surface area contributed by atoms with Crippen molar-refractivity contribution in [3.63, 3.8) is 0 Å². The van der Waals surface area contributed by atoms with Gasteiger partial charge in [0.2, 0.25) is 0 Å². The van der Waals surface area contributed by atoms with Crippen molar-refractivity contribution >= 4 is 21.7 Å². The number of sulfone groups is 1. The van der Waals surface area contributed by atoms with E-state index in [0.29, 0.717) is 44.2 Å². The standard InChI is InChI=1S/C16H26N4O4S/c1-3-17-16(20-13-6-10-25(22,23)11-13)19-8-4-7-18-15(21)14-12(2)5-9-24-14/h5,9,13H,3-4,6-8,10-11H2,1-2H3,(H,18,21)(H2,17,19,20). The highest BCUT2D eigenvalue weighted by Crippen LogP contribution is 2.11. The number of rotatable bonds is 7. The molecule has 1 unspecified atom stereocenters. The molecular formula is C16H26N4O4S. The number of hydrogen-bond acceptors (Lipinski definition) is 5. The maximum absolute atomic E-state index is 11.9. The zero-order chi connectivity index (χ0) is 18.3. The third-order valence-electron chi connectivity index (χ3n) is 3.88. The van der Waals surface area contributed by atoms with Gasteiger partial charge in [-0.3, -0.25) is 9.79 Å². The number of nitrogens with one attached hydrogen (secondary N) is 3. The van der Waals surface area contributed by atoms with Crippen molar-refractivity contribution in [1.82, 2.24) is 16.0 Å². The molecule has 2 rings (SSSR count). The lowest BCUT2D eigenvalue weighted by Crippen LogP contribution is -2.44. The Labute approximate surface area is 148 Å². The number of carbonyl (C=O) groups is 1. The molecule has 1 aromatic rings.